The van der Waals surface area contributed by atoms with Gasteiger partial charge >= 0.3 is 0 Å². The van der Waals surface area contributed by atoms with Crippen molar-refractivity contribution in [2.45, 2.75) is 25.3 Å². The summed E-state index contributed by atoms with van der Waals surface area (Å²) in [4.78, 5) is 21.5. The lowest BCUT2D eigenvalue weighted by molar-refractivity contribution is -0.139. The van der Waals surface area contributed by atoms with E-state index in [0.29, 0.717) is 11.6 Å². The normalized spacial score (nSPS) is 22.3. The van der Waals surface area contributed by atoms with Crippen LogP contribution in [0.5, 0.6) is 5.75 Å². The number of rotatable bonds is 2. The highest BCUT2D eigenvalue weighted by molar-refractivity contribution is 6.31. The van der Waals surface area contributed by atoms with Gasteiger partial charge in [-0.05, 0) is 74.3 Å². The standard InChI is InChI=1S/C24H26ClN3O2/c1-27-10-3-5-16(14-27)24(30)28-11-9-19-20-13-17(25)7-8-21(20)26-22(19)23(28)15-4-2-6-18(29)12-15/h2,4,6-8,12-13,16,23,26,29H,3,5,9-11,14H2,1H3. The van der Waals surface area contributed by atoms with Gasteiger partial charge in [0.25, 0.3) is 0 Å². The number of carbonyl (C=O) groups excluding carboxylic acids is 1. The van der Waals surface area contributed by atoms with Crippen LogP contribution in [0.2, 0.25) is 5.02 Å². The van der Waals surface area contributed by atoms with Crippen LogP contribution in [-0.2, 0) is 11.2 Å². The first kappa shape index (κ1) is 19.5. The SMILES string of the molecule is CN1CCCC(C(=O)N2CCc3c([nH]c4ccc(Cl)cc34)C2c2cccc(O)c2)C1. The molecule has 1 fully saturated rings. The Labute approximate surface area is 181 Å². The third kappa shape index (κ3) is 3.36. The molecule has 5 nitrogen and oxygen atoms in total. The van der Waals surface area contributed by atoms with Gasteiger partial charge in [0, 0.05) is 34.7 Å². The van der Waals surface area contributed by atoms with Gasteiger partial charge in [-0.25, -0.2) is 0 Å². The predicted molar refractivity (Wildman–Crippen MR) is 119 cm³/mol. The summed E-state index contributed by atoms with van der Waals surface area (Å²) in [5.41, 5.74) is 4.19. The Kier molecular flexibility index (Phi) is 4.95. The number of halogens is 1. The van der Waals surface area contributed by atoms with Crippen LogP contribution in [0.25, 0.3) is 10.9 Å². The number of benzene rings is 2. The Bertz CT molecular complexity index is 1110. The fourth-order valence-corrected chi connectivity index (χ4v) is 5.31. The van der Waals surface area contributed by atoms with E-state index in [9.17, 15) is 9.90 Å². The highest BCUT2D eigenvalue weighted by atomic mass is 35.5. The molecule has 2 unspecified atom stereocenters. The Morgan fingerprint density at radius 1 is 1.20 bits per heavy atom. The van der Waals surface area contributed by atoms with Crippen LogP contribution >= 0.6 is 11.6 Å². The molecule has 2 aliphatic heterocycles. The highest BCUT2D eigenvalue weighted by Gasteiger charge is 2.38. The lowest BCUT2D eigenvalue weighted by atomic mass is 9.89. The molecule has 0 saturated carbocycles. The van der Waals surface area contributed by atoms with E-state index < -0.39 is 0 Å². The predicted octanol–water partition coefficient (Wildman–Crippen LogP) is 4.34. The number of amides is 1. The molecule has 0 bridgehead atoms. The summed E-state index contributed by atoms with van der Waals surface area (Å²) in [5.74, 6) is 0.435. The zero-order chi connectivity index (χ0) is 20.8. The number of nitrogens with zero attached hydrogens (tertiary/aromatic N) is 2. The van der Waals surface area contributed by atoms with E-state index in [2.05, 4.69) is 16.9 Å². The second-order valence-electron chi connectivity index (χ2n) is 8.59. The average molecular weight is 424 g/mol. The topological polar surface area (TPSA) is 59.6 Å². The largest absolute Gasteiger partial charge is 0.508 e. The lowest BCUT2D eigenvalue weighted by Gasteiger charge is -2.40. The van der Waals surface area contributed by atoms with Crippen molar-refractivity contribution in [3.05, 3.63) is 64.3 Å². The number of hydrogen-bond acceptors (Lipinski definition) is 3. The summed E-state index contributed by atoms with van der Waals surface area (Å²) in [7, 11) is 2.09. The van der Waals surface area contributed by atoms with Gasteiger partial charge in [0.05, 0.1) is 12.0 Å². The molecule has 0 aliphatic carbocycles. The van der Waals surface area contributed by atoms with Gasteiger partial charge < -0.3 is 19.9 Å². The number of H-pyrrole nitrogens is 1. The molecule has 3 heterocycles. The highest BCUT2D eigenvalue weighted by Crippen LogP contribution is 2.40. The molecule has 1 amide bonds. The number of likely N-dealkylation sites (tertiary alicyclic amines) is 1. The van der Waals surface area contributed by atoms with Gasteiger partial charge in [0.15, 0.2) is 0 Å². The molecule has 5 rings (SSSR count). The number of aromatic hydroxyl groups is 1. The molecule has 6 heteroatoms. The summed E-state index contributed by atoms with van der Waals surface area (Å²) in [6.07, 6.45) is 2.77. The van der Waals surface area contributed by atoms with Crippen molar-refractivity contribution in [1.29, 1.82) is 0 Å². The fourth-order valence-electron chi connectivity index (χ4n) is 5.14. The maximum atomic E-state index is 13.6. The molecular weight excluding hydrogens is 398 g/mol. The third-order valence-corrected chi connectivity index (χ3v) is 6.77. The molecule has 2 aliphatic rings. The second kappa shape index (κ2) is 7.64. The van der Waals surface area contributed by atoms with Gasteiger partial charge in [-0.2, -0.15) is 0 Å². The molecule has 0 radical (unpaired) electrons. The maximum absolute atomic E-state index is 13.6. The van der Waals surface area contributed by atoms with Crippen LogP contribution in [0.4, 0.5) is 0 Å². The number of nitrogens with one attached hydrogen (secondary N) is 1. The van der Waals surface area contributed by atoms with Crippen molar-refractivity contribution in [3.8, 4) is 5.75 Å². The number of phenolic OH excluding ortho intramolecular Hbond substituents is 1. The van der Waals surface area contributed by atoms with E-state index in [0.717, 1.165) is 54.5 Å². The Hall–Kier alpha value is -2.50. The summed E-state index contributed by atoms with van der Waals surface area (Å²) in [5, 5.41) is 12.0. The first-order valence-electron chi connectivity index (χ1n) is 10.6. The first-order valence-corrected chi connectivity index (χ1v) is 11.0. The van der Waals surface area contributed by atoms with Gasteiger partial charge in [0.2, 0.25) is 5.91 Å². The first-order chi connectivity index (χ1) is 14.5. The summed E-state index contributed by atoms with van der Waals surface area (Å²) in [6.45, 7) is 2.51. The van der Waals surface area contributed by atoms with E-state index in [1.165, 1.54) is 5.56 Å². The molecule has 1 aromatic heterocycles. The van der Waals surface area contributed by atoms with Crippen LogP contribution in [0.3, 0.4) is 0 Å². The van der Waals surface area contributed by atoms with Crippen LogP contribution in [0.15, 0.2) is 42.5 Å². The zero-order valence-electron chi connectivity index (χ0n) is 17.1. The van der Waals surface area contributed by atoms with E-state index in [1.807, 2.05) is 35.2 Å². The van der Waals surface area contributed by atoms with E-state index in [4.69, 9.17) is 11.6 Å². The second-order valence-corrected chi connectivity index (χ2v) is 9.02. The van der Waals surface area contributed by atoms with E-state index >= 15 is 0 Å². The van der Waals surface area contributed by atoms with Crippen molar-refractivity contribution in [2.75, 3.05) is 26.7 Å². The molecule has 2 atom stereocenters. The molecule has 1 saturated heterocycles. The molecule has 2 aromatic carbocycles. The molecular formula is C24H26ClN3O2. The van der Waals surface area contributed by atoms with Crippen molar-refractivity contribution < 1.29 is 9.90 Å². The lowest BCUT2D eigenvalue weighted by Crippen LogP contribution is -2.47. The molecule has 30 heavy (non-hydrogen) atoms. The minimum atomic E-state index is -0.244. The maximum Gasteiger partial charge on any atom is 0.227 e. The van der Waals surface area contributed by atoms with Crippen molar-refractivity contribution in [2.24, 2.45) is 5.92 Å². The Morgan fingerprint density at radius 2 is 2.07 bits per heavy atom. The Morgan fingerprint density at radius 3 is 2.87 bits per heavy atom. The minimum Gasteiger partial charge on any atom is -0.508 e. The average Bonchev–Trinajstić information content (AvgIpc) is 3.10. The van der Waals surface area contributed by atoms with Gasteiger partial charge in [-0.15, -0.1) is 0 Å². The van der Waals surface area contributed by atoms with Crippen LogP contribution in [0, 0.1) is 5.92 Å². The molecule has 3 aromatic rings. The Balaban J connectivity index is 1.61. The van der Waals surface area contributed by atoms with E-state index in [1.54, 1.807) is 12.1 Å². The number of carbonyl (C=O) groups is 1. The molecule has 0 spiro atoms. The summed E-state index contributed by atoms with van der Waals surface area (Å²) >= 11 is 6.27. The van der Waals surface area contributed by atoms with Gasteiger partial charge in [-0.1, -0.05) is 23.7 Å². The summed E-state index contributed by atoms with van der Waals surface area (Å²) in [6, 6.07) is 12.9. The zero-order valence-corrected chi connectivity index (χ0v) is 17.8. The van der Waals surface area contributed by atoms with Crippen molar-refractivity contribution >= 4 is 28.4 Å². The minimum absolute atomic E-state index is 0.0175. The molecule has 2 N–H and O–H groups in total. The van der Waals surface area contributed by atoms with Crippen LogP contribution < -0.4 is 0 Å². The van der Waals surface area contributed by atoms with Gasteiger partial charge in [0.1, 0.15) is 5.75 Å². The summed E-state index contributed by atoms with van der Waals surface area (Å²) < 4.78 is 0. The monoisotopic (exact) mass is 423 g/mol. The van der Waals surface area contributed by atoms with Crippen LogP contribution in [-0.4, -0.2) is 52.5 Å². The quantitative estimate of drug-likeness (QED) is 0.644. The number of phenols is 1. The smallest absolute Gasteiger partial charge is 0.227 e. The number of hydrogen-bond donors (Lipinski definition) is 2. The molecule has 156 valence electrons. The van der Waals surface area contributed by atoms with Crippen molar-refractivity contribution in [3.63, 3.8) is 0 Å². The van der Waals surface area contributed by atoms with Crippen molar-refractivity contribution in [1.82, 2.24) is 14.8 Å². The number of aromatic nitrogens is 1. The number of piperidine rings is 1. The number of fused-ring (bicyclic) bond motifs is 3. The number of aromatic amines is 1. The van der Waals surface area contributed by atoms with Gasteiger partial charge in [-0.3, -0.25) is 4.79 Å². The third-order valence-electron chi connectivity index (χ3n) is 6.53. The fraction of sp³-hybridized carbons (Fsp3) is 0.375. The van der Waals surface area contributed by atoms with Crippen LogP contribution in [0.1, 0.15) is 35.7 Å². The van der Waals surface area contributed by atoms with E-state index in [-0.39, 0.29) is 23.6 Å².